The van der Waals surface area contributed by atoms with Crippen LogP contribution in [0.1, 0.15) is 27.8 Å². The van der Waals surface area contributed by atoms with E-state index in [9.17, 15) is 22.4 Å². The maximum Gasteiger partial charge on any atom is 0.243 e. The molecule has 1 unspecified atom stereocenters. The molecule has 4 aromatic carbocycles. The summed E-state index contributed by atoms with van der Waals surface area (Å²) in [5, 5.41) is 2.97. The molecule has 7 nitrogen and oxygen atoms in total. The first-order chi connectivity index (χ1) is 20.6. The first kappa shape index (κ1) is 31.6. The fraction of sp³-hybridized carbons (Fsp3) is 0.235. The van der Waals surface area contributed by atoms with Crippen molar-refractivity contribution < 1.29 is 22.4 Å². The molecule has 0 aromatic heterocycles. The van der Waals surface area contributed by atoms with Gasteiger partial charge in [0.15, 0.2) is 0 Å². The van der Waals surface area contributed by atoms with Crippen LogP contribution in [0, 0.1) is 12.7 Å². The Balaban J connectivity index is 1.67. The van der Waals surface area contributed by atoms with Crippen LogP contribution in [-0.4, -0.2) is 48.3 Å². The van der Waals surface area contributed by atoms with Gasteiger partial charge in [-0.3, -0.25) is 9.59 Å². The van der Waals surface area contributed by atoms with Gasteiger partial charge in [0.2, 0.25) is 21.8 Å². The van der Waals surface area contributed by atoms with Crippen molar-refractivity contribution in [2.45, 2.75) is 39.0 Å². The molecule has 0 saturated heterocycles. The Bertz CT molecular complexity index is 1600. The number of nitrogens with zero attached hydrogens (tertiary/aromatic N) is 2. The second-order valence-electron chi connectivity index (χ2n) is 10.6. The molecule has 0 aliphatic rings. The standard InChI is InChI=1S/C34H36FN3O4S/c1-26-13-15-28(16-14-26)22-36-34(40)32(21-27-9-5-3-6-10-27)38(24-30-17-19-31(35)20-18-30)33(39)25-37(43(2,41)42)23-29-11-7-4-8-12-29/h3-20,32H,21-25H2,1-2H3,(H,36,40). The lowest BCUT2D eigenvalue weighted by molar-refractivity contribution is -0.141. The van der Waals surface area contributed by atoms with Crippen LogP contribution in [0.2, 0.25) is 0 Å². The van der Waals surface area contributed by atoms with Gasteiger partial charge in [-0.1, -0.05) is 103 Å². The Morgan fingerprint density at radius 1 is 0.744 bits per heavy atom. The molecule has 0 heterocycles. The van der Waals surface area contributed by atoms with Crippen molar-refractivity contribution in [3.05, 3.63) is 143 Å². The fourth-order valence-electron chi connectivity index (χ4n) is 4.67. The highest BCUT2D eigenvalue weighted by molar-refractivity contribution is 7.88. The lowest BCUT2D eigenvalue weighted by atomic mass is 10.0. The van der Waals surface area contributed by atoms with Crippen LogP contribution in [0.25, 0.3) is 0 Å². The minimum absolute atomic E-state index is 0.00122. The second kappa shape index (κ2) is 14.7. The van der Waals surface area contributed by atoms with Gasteiger partial charge in [-0.05, 0) is 41.3 Å². The van der Waals surface area contributed by atoms with Gasteiger partial charge in [-0.2, -0.15) is 4.31 Å². The molecule has 43 heavy (non-hydrogen) atoms. The summed E-state index contributed by atoms with van der Waals surface area (Å²) >= 11 is 0. The lowest BCUT2D eigenvalue weighted by Crippen LogP contribution is -2.53. The van der Waals surface area contributed by atoms with Crippen LogP contribution in [0.4, 0.5) is 4.39 Å². The Hall–Kier alpha value is -4.34. The van der Waals surface area contributed by atoms with E-state index in [1.165, 1.54) is 17.0 Å². The molecule has 224 valence electrons. The molecule has 0 aliphatic heterocycles. The largest absolute Gasteiger partial charge is 0.350 e. The molecule has 0 radical (unpaired) electrons. The summed E-state index contributed by atoms with van der Waals surface area (Å²) < 4.78 is 40.4. The number of amides is 2. The monoisotopic (exact) mass is 601 g/mol. The van der Waals surface area contributed by atoms with Gasteiger partial charge in [0.05, 0.1) is 12.8 Å². The number of hydrogen-bond donors (Lipinski definition) is 1. The Labute approximate surface area is 253 Å². The van der Waals surface area contributed by atoms with Crippen molar-refractivity contribution >= 4 is 21.8 Å². The fourth-order valence-corrected chi connectivity index (χ4v) is 5.40. The van der Waals surface area contributed by atoms with Gasteiger partial charge in [-0.25, -0.2) is 12.8 Å². The predicted octanol–water partition coefficient (Wildman–Crippen LogP) is 4.85. The number of hydrogen-bond acceptors (Lipinski definition) is 4. The maximum absolute atomic E-state index is 14.1. The molecule has 2 amide bonds. The van der Waals surface area contributed by atoms with E-state index < -0.39 is 34.3 Å². The maximum atomic E-state index is 14.1. The van der Waals surface area contributed by atoms with Gasteiger partial charge in [0.1, 0.15) is 11.9 Å². The van der Waals surface area contributed by atoms with E-state index in [1.807, 2.05) is 67.6 Å². The number of rotatable bonds is 13. The number of sulfonamides is 1. The van der Waals surface area contributed by atoms with E-state index >= 15 is 0 Å². The molecule has 9 heteroatoms. The smallest absolute Gasteiger partial charge is 0.243 e. The predicted molar refractivity (Wildman–Crippen MR) is 166 cm³/mol. The van der Waals surface area contributed by atoms with E-state index in [-0.39, 0.29) is 32.0 Å². The molecule has 1 atom stereocenters. The van der Waals surface area contributed by atoms with Crippen molar-refractivity contribution in [1.29, 1.82) is 0 Å². The number of carbonyl (C=O) groups is 2. The Morgan fingerprint density at radius 3 is 1.86 bits per heavy atom. The zero-order valence-corrected chi connectivity index (χ0v) is 25.1. The quantitative estimate of drug-likeness (QED) is 0.237. The highest BCUT2D eigenvalue weighted by atomic mass is 32.2. The van der Waals surface area contributed by atoms with Crippen LogP contribution in [0.15, 0.2) is 109 Å². The summed E-state index contributed by atoms with van der Waals surface area (Å²) in [4.78, 5) is 29.3. The van der Waals surface area contributed by atoms with E-state index in [0.717, 1.165) is 32.8 Å². The van der Waals surface area contributed by atoms with E-state index in [1.54, 1.807) is 36.4 Å². The molecule has 1 N–H and O–H groups in total. The normalized spacial score (nSPS) is 12.1. The third kappa shape index (κ3) is 9.59. The summed E-state index contributed by atoms with van der Waals surface area (Å²) in [5.74, 6) is -1.35. The number of nitrogens with one attached hydrogen (secondary N) is 1. The number of halogens is 1. The van der Waals surface area contributed by atoms with Crippen molar-refractivity contribution in [3.63, 3.8) is 0 Å². The third-order valence-corrected chi connectivity index (χ3v) is 8.30. The third-order valence-electron chi connectivity index (χ3n) is 7.11. The van der Waals surface area contributed by atoms with Gasteiger partial charge < -0.3 is 10.2 Å². The summed E-state index contributed by atoms with van der Waals surface area (Å²) in [5.41, 5.74) is 4.16. The average molecular weight is 602 g/mol. The number of benzene rings is 4. The van der Waals surface area contributed by atoms with Crippen molar-refractivity contribution in [2.75, 3.05) is 12.8 Å². The molecule has 0 fully saturated rings. The highest BCUT2D eigenvalue weighted by Crippen LogP contribution is 2.18. The van der Waals surface area contributed by atoms with Crippen molar-refractivity contribution in [1.82, 2.24) is 14.5 Å². The van der Waals surface area contributed by atoms with Gasteiger partial charge in [-0.15, -0.1) is 0 Å². The number of aryl methyl sites for hydroxylation is 1. The van der Waals surface area contributed by atoms with E-state index in [4.69, 9.17) is 0 Å². The van der Waals surface area contributed by atoms with Gasteiger partial charge >= 0.3 is 0 Å². The highest BCUT2D eigenvalue weighted by Gasteiger charge is 2.33. The van der Waals surface area contributed by atoms with Gasteiger partial charge in [0.25, 0.3) is 0 Å². The van der Waals surface area contributed by atoms with Gasteiger partial charge in [0, 0.05) is 26.1 Å². The van der Waals surface area contributed by atoms with Crippen LogP contribution in [0.3, 0.4) is 0 Å². The molecular weight excluding hydrogens is 565 g/mol. The molecule has 0 spiro atoms. The second-order valence-corrected chi connectivity index (χ2v) is 12.6. The Morgan fingerprint density at radius 2 is 1.28 bits per heavy atom. The minimum atomic E-state index is -3.79. The minimum Gasteiger partial charge on any atom is -0.350 e. The Kier molecular flexibility index (Phi) is 10.8. The average Bonchev–Trinajstić information content (AvgIpc) is 2.99. The summed E-state index contributed by atoms with van der Waals surface area (Å²) in [6, 6.07) is 30.8. The van der Waals surface area contributed by atoms with E-state index in [2.05, 4.69) is 5.32 Å². The molecular formula is C34H36FN3O4S. The topological polar surface area (TPSA) is 86.8 Å². The summed E-state index contributed by atoms with van der Waals surface area (Å²) in [6.45, 7) is 1.75. The van der Waals surface area contributed by atoms with Crippen molar-refractivity contribution in [2.24, 2.45) is 0 Å². The number of carbonyl (C=O) groups excluding carboxylic acids is 2. The first-order valence-corrected chi connectivity index (χ1v) is 15.8. The molecule has 0 bridgehead atoms. The molecule has 4 aromatic rings. The van der Waals surface area contributed by atoms with Crippen LogP contribution in [-0.2, 0) is 45.7 Å². The SMILES string of the molecule is Cc1ccc(CNC(=O)C(Cc2ccccc2)N(Cc2ccc(F)cc2)C(=O)CN(Cc2ccccc2)S(C)(=O)=O)cc1. The lowest BCUT2D eigenvalue weighted by Gasteiger charge is -2.33. The van der Waals surface area contributed by atoms with Crippen LogP contribution in [0.5, 0.6) is 0 Å². The van der Waals surface area contributed by atoms with Crippen LogP contribution >= 0.6 is 0 Å². The van der Waals surface area contributed by atoms with Crippen LogP contribution < -0.4 is 5.32 Å². The first-order valence-electron chi connectivity index (χ1n) is 14.0. The molecule has 4 rings (SSSR count). The zero-order valence-electron chi connectivity index (χ0n) is 24.3. The summed E-state index contributed by atoms with van der Waals surface area (Å²) in [7, 11) is -3.79. The zero-order chi connectivity index (χ0) is 30.8. The molecule has 0 saturated carbocycles. The molecule has 0 aliphatic carbocycles. The van der Waals surface area contributed by atoms with E-state index in [0.29, 0.717) is 5.56 Å². The summed E-state index contributed by atoms with van der Waals surface area (Å²) in [6.07, 6.45) is 1.26. The van der Waals surface area contributed by atoms with Crippen molar-refractivity contribution in [3.8, 4) is 0 Å².